The highest BCUT2D eigenvalue weighted by molar-refractivity contribution is 5.80. The molecule has 1 saturated heterocycles. The number of benzene rings is 2. The summed E-state index contributed by atoms with van der Waals surface area (Å²) in [6, 6.07) is 14.8. The molecular weight excluding hydrogens is 335 g/mol. The molecule has 26 heavy (non-hydrogen) atoms. The van der Waals surface area contributed by atoms with Crippen LogP contribution in [0.1, 0.15) is 11.5 Å². The number of nitriles is 1. The fourth-order valence-electron chi connectivity index (χ4n) is 3.51. The molecule has 0 saturated carbocycles. The Hall–Kier alpha value is -2.75. The summed E-state index contributed by atoms with van der Waals surface area (Å²) in [4.78, 5) is 13.5. The highest BCUT2D eigenvalue weighted by Crippen LogP contribution is 2.40. The second kappa shape index (κ2) is 7.65. The summed E-state index contributed by atoms with van der Waals surface area (Å²) in [5, 5.41) is 19.2. The number of likely N-dealkylation sites (tertiary alicyclic amines) is 1. The lowest BCUT2D eigenvalue weighted by atomic mass is 9.75. The maximum atomic E-state index is 13.4. The summed E-state index contributed by atoms with van der Waals surface area (Å²) in [5.41, 5.74) is 2.48. The fraction of sp³-hybridized carbons (Fsp3) is 0.300. The van der Waals surface area contributed by atoms with Crippen LogP contribution in [0, 0.1) is 17.1 Å². The molecular formula is C20H19FN2O3. The van der Waals surface area contributed by atoms with Gasteiger partial charge in [-0.1, -0.05) is 36.4 Å². The van der Waals surface area contributed by atoms with Crippen molar-refractivity contribution in [1.82, 2.24) is 4.90 Å². The van der Waals surface area contributed by atoms with E-state index in [-0.39, 0.29) is 30.9 Å². The maximum absolute atomic E-state index is 13.4. The summed E-state index contributed by atoms with van der Waals surface area (Å²) in [5.74, 6) is -0.888. The largest absolute Gasteiger partial charge is 0.394 e. The van der Waals surface area contributed by atoms with Crippen molar-refractivity contribution in [2.24, 2.45) is 0 Å². The zero-order valence-electron chi connectivity index (χ0n) is 14.3. The fourth-order valence-corrected chi connectivity index (χ4v) is 3.51. The Balaban J connectivity index is 1.84. The van der Waals surface area contributed by atoms with Crippen LogP contribution in [0.4, 0.5) is 4.39 Å². The van der Waals surface area contributed by atoms with Crippen LogP contribution in [-0.4, -0.2) is 48.3 Å². The molecule has 3 rings (SSSR count). The van der Waals surface area contributed by atoms with Crippen molar-refractivity contribution in [2.75, 3.05) is 20.3 Å². The Kier molecular flexibility index (Phi) is 5.31. The second-order valence-corrected chi connectivity index (χ2v) is 6.22. The first-order chi connectivity index (χ1) is 12.6. The molecule has 1 amide bonds. The number of carbonyl (C=O) groups excluding carboxylic acids is 1. The van der Waals surface area contributed by atoms with Gasteiger partial charge in [0.05, 0.1) is 18.7 Å². The van der Waals surface area contributed by atoms with E-state index < -0.39 is 12.1 Å². The molecule has 1 aliphatic heterocycles. The van der Waals surface area contributed by atoms with Gasteiger partial charge in [0.1, 0.15) is 18.5 Å². The SMILES string of the molecule is COCC(=O)N1[C@H](C#N)[C@@H](c2ccc(-c3cccc(F)c3)cc2)[C@H]1CO. The third-order valence-electron chi connectivity index (χ3n) is 4.74. The Morgan fingerprint density at radius 1 is 1.27 bits per heavy atom. The number of carbonyl (C=O) groups is 1. The minimum absolute atomic E-state index is 0.125. The van der Waals surface area contributed by atoms with Crippen molar-refractivity contribution < 1.29 is 19.0 Å². The van der Waals surface area contributed by atoms with E-state index in [1.807, 2.05) is 30.3 Å². The van der Waals surface area contributed by atoms with Crippen molar-refractivity contribution in [1.29, 1.82) is 5.26 Å². The molecule has 0 bridgehead atoms. The van der Waals surface area contributed by atoms with Crippen molar-refractivity contribution in [3.8, 4) is 17.2 Å². The van der Waals surface area contributed by atoms with Crippen LogP contribution in [0.3, 0.4) is 0 Å². The van der Waals surface area contributed by atoms with Gasteiger partial charge in [0.2, 0.25) is 5.91 Å². The van der Waals surface area contributed by atoms with Gasteiger partial charge in [0.15, 0.2) is 0 Å². The first-order valence-corrected chi connectivity index (χ1v) is 8.27. The molecule has 6 heteroatoms. The average molecular weight is 354 g/mol. The second-order valence-electron chi connectivity index (χ2n) is 6.22. The molecule has 0 spiro atoms. The topological polar surface area (TPSA) is 73.6 Å². The number of halogens is 1. The van der Waals surface area contributed by atoms with Crippen molar-refractivity contribution in [3.05, 3.63) is 59.9 Å². The van der Waals surface area contributed by atoms with Crippen LogP contribution >= 0.6 is 0 Å². The van der Waals surface area contributed by atoms with E-state index in [9.17, 15) is 19.6 Å². The van der Waals surface area contributed by atoms with Crippen LogP contribution in [-0.2, 0) is 9.53 Å². The Labute approximate surface area is 151 Å². The van der Waals surface area contributed by atoms with E-state index in [0.717, 1.165) is 16.7 Å². The molecule has 0 unspecified atom stereocenters. The molecule has 5 nitrogen and oxygen atoms in total. The Bertz CT molecular complexity index is 832. The number of ether oxygens (including phenoxy) is 1. The van der Waals surface area contributed by atoms with Gasteiger partial charge in [-0.2, -0.15) is 5.26 Å². The first kappa shape index (κ1) is 18.1. The summed E-state index contributed by atoms with van der Waals surface area (Å²) in [6.07, 6.45) is 0. The molecule has 0 radical (unpaired) electrons. The standard InChI is InChI=1S/C20H19FN2O3/c1-26-12-19(25)23-17(10-22)20(18(23)11-24)14-7-5-13(6-8-14)15-3-2-4-16(21)9-15/h2-9,17-18,20,24H,11-12H2,1H3/t17-,18-,20-/m1/s1. The smallest absolute Gasteiger partial charge is 0.249 e. The van der Waals surface area contributed by atoms with Crippen LogP contribution in [0.2, 0.25) is 0 Å². The number of aliphatic hydroxyl groups is 1. The van der Waals surface area contributed by atoms with Crippen LogP contribution < -0.4 is 0 Å². The molecule has 1 N–H and O–H groups in total. The quantitative estimate of drug-likeness (QED) is 0.894. The highest BCUT2D eigenvalue weighted by Gasteiger charge is 2.51. The normalized spacial score (nSPS) is 21.8. The Morgan fingerprint density at radius 3 is 2.58 bits per heavy atom. The van der Waals surface area contributed by atoms with E-state index in [2.05, 4.69) is 6.07 Å². The van der Waals surface area contributed by atoms with Gasteiger partial charge in [-0.3, -0.25) is 4.79 Å². The summed E-state index contributed by atoms with van der Waals surface area (Å²) in [6.45, 7) is -0.357. The van der Waals surface area contributed by atoms with Gasteiger partial charge in [-0.25, -0.2) is 4.39 Å². The molecule has 2 aromatic rings. The first-order valence-electron chi connectivity index (χ1n) is 8.27. The van der Waals surface area contributed by atoms with E-state index in [4.69, 9.17) is 4.74 Å². The van der Waals surface area contributed by atoms with E-state index in [0.29, 0.717) is 0 Å². The number of methoxy groups -OCH3 is 1. The summed E-state index contributed by atoms with van der Waals surface area (Å²) in [7, 11) is 1.41. The number of amides is 1. The third-order valence-corrected chi connectivity index (χ3v) is 4.74. The molecule has 0 aliphatic carbocycles. The summed E-state index contributed by atoms with van der Waals surface area (Å²) >= 11 is 0. The van der Waals surface area contributed by atoms with Crippen molar-refractivity contribution in [3.63, 3.8) is 0 Å². The zero-order valence-corrected chi connectivity index (χ0v) is 14.3. The molecule has 1 heterocycles. The van der Waals surface area contributed by atoms with Crippen molar-refractivity contribution in [2.45, 2.75) is 18.0 Å². The lowest BCUT2D eigenvalue weighted by Crippen LogP contribution is -2.65. The number of nitrogens with zero attached hydrogens (tertiary/aromatic N) is 2. The molecule has 3 atom stereocenters. The lowest BCUT2D eigenvalue weighted by molar-refractivity contribution is -0.150. The van der Waals surface area contributed by atoms with Gasteiger partial charge in [-0.05, 0) is 28.8 Å². The van der Waals surface area contributed by atoms with Gasteiger partial charge in [0, 0.05) is 13.0 Å². The number of hydrogen-bond acceptors (Lipinski definition) is 4. The molecule has 2 aromatic carbocycles. The van der Waals surface area contributed by atoms with E-state index in [1.165, 1.54) is 24.1 Å². The van der Waals surface area contributed by atoms with Gasteiger partial charge >= 0.3 is 0 Å². The number of aliphatic hydroxyl groups excluding tert-OH is 1. The van der Waals surface area contributed by atoms with Gasteiger partial charge in [-0.15, -0.1) is 0 Å². The predicted octanol–water partition coefficient (Wildman–Crippen LogP) is 2.32. The molecule has 1 fully saturated rings. The molecule has 134 valence electrons. The maximum Gasteiger partial charge on any atom is 0.249 e. The monoisotopic (exact) mass is 354 g/mol. The predicted molar refractivity (Wildman–Crippen MR) is 93.6 cm³/mol. The number of rotatable bonds is 5. The Morgan fingerprint density at radius 2 is 2.00 bits per heavy atom. The van der Waals surface area contributed by atoms with Crippen LogP contribution in [0.15, 0.2) is 48.5 Å². The number of hydrogen-bond donors (Lipinski definition) is 1. The zero-order chi connectivity index (χ0) is 18.7. The summed E-state index contributed by atoms with van der Waals surface area (Å²) < 4.78 is 18.2. The van der Waals surface area contributed by atoms with E-state index in [1.54, 1.807) is 6.07 Å². The van der Waals surface area contributed by atoms with E-state index >= 15 is 0 Å². The lowest BCUT2D eigenvalue weighted by Gasteiger charge is -2.51. The highest BCUT2D eigenvalue weighted by atomic mass is 19.1. The van der Waals surface area contributed by atoms with Crippen molar-refractivity contribution >= 4 is 5.91 Å². The minimum atomic E-state index is -0.644. The third kappa shape index (κ3) is 3.19. The average Bonchev–Trinajstić information content (AvgIpc) is 2.62. The van der Waals surface area contributed by atoms with Crippen LogP contribution in [0.5, 0.6) is 0 Å². The van der Waals surface area contributed by atoms with Crippen LogP contribution in [0.25, 0.3) is 11.1 Å². The van der Waals surface area contributed by atoms with Gasteiger partial charge in [0.25, 0.3) is 0 Å². The minimum Gasteiger partial charge on any atom is -0.394 e. The van der Waals surface area contributed by atoms with Gasteiger partial charge < -0.3 is 14.7 Å². The molecule has 1 aliphatic rings. The molecule has 0 aromatic heterocycles.